The molecule has 6 heteroatoms. The van der Waals surface area contributed by atoms with E-state index in [2.05, 4.69) is 54.3 Å². The molecule has 6 nitrogen and oxygen atoms in total. The van der Waals surface area contributed by atoms with Crippen LogP contribution in [0.25, 0.3) is 0 Å². The van der Waals surface area contributed by atoms with Gasteiger partial charge in [0.1, 0.15) is 5.69 Å². The molecule has 1 heterocycles. The zero-order valence-electron chi connectivity index (χ0n) is 15.9. The van der Waals surface area contributed by atoms with Gasteiger partial charge in [0.15, 0.2) is 0 Å². The molecule has 2 aromatic rings. The third-order valence-electron chi connectivity index (χ3n) is 4.24. The second-order valence-corrected chi connectivity index (χ2v) is 6.31. The number of hydrogen-bond donors (Lipinski definition) is 1. The Hall–Kier alpha value is -2.63. The van der Waals surface area contributed by atoms with Crippen LogP contribution in [0.1, 0.15) is 42.7 Å². The van der Waals surface area contributed by atoms with Crippen LogP contribution in [0.5, 0.6) is 0 Å². The molecule has 0 radical (unpaired) electrons. The molecule has 2 rings (SSSR count). The number of hydrogen-bond acceptors (Lipinski definition) is 4. The molecular formula is C20H28N4O2. The van der Waals surface area contributed by atoms with E-state index in [1.54, 1.807) is 0 Å². The van der Waals surface area contributed by atoms with Crippen LogP contribution in [-0.4, -0.2) is 35.3 Å². The van der Waals surface area contributed by atoms with Crippen molar-refractivity contribution in [1.29, 1.82) is 0 Å². The number of rotatable bonds is 9. The smallest absolute Gasteiger partial charge is 0.271 e. The van der Waals surface area contributed by atoms with Gasteiger partial charge in [0.05, 0.1) is 0 Å². The van der Waals surface area contributed by atoms with Gasteiger partial charge in [-0.05, 0) is 44.0 Å². The molecule has 1 aromatic heterocycles. The average Bonchev–Trinajstić information content (AvgIpc) is 2.64. The average molecular weight is 356 g/mol. The Kier molecular flexibility index (Phi) is 7.38. The number of amides is 1. The first-order chi connectivity index (χ1) is 12.5. The number of unbranched alkanes of at least 4 members (excludes halogenated alkanes) is 1. The van der Waals surface area contributed by atoms with Crippen LogP contribution in [0.15, 0.2) is 41.2 Å². The van der Waals surface area contributed by atoms with Crippen molar-refractivity contribution in [2.24, 2.45) is 0 Å². The molecule has 1 N–H and O–H groups in total. The summed E-state index contributed by atoms with van der Waals surface area (Å²) >= 11 is 0. The van der Waals surface area contributed by atoms with Crippen molar-refractivity contribution in [3.63, 3.8) is 0 Å². The molecule has 26 heavy (non-hydrogen) atoms. The van der Waals surface area contributed by atoms with Crippen LogP contribution in [0.4, 0.5) is 5.69 Å². The summed E-state index contributed by atoms with van der Waals surface area (Å²) in [6.45, 7) is 8.83. The van der Waals surface area contributed by atoms with Crippen LogP contribution in [0.2, 0.25) is 0 Å². The van der Waals surface area contributed by atoms with Crippen molar-refractivity contribution in [1.82, 2.24) is 15.1 Å². The maximum absolute atomic E-state index is 12.3. The van der Waals surface area contributed by atoms with Gasteiger partial charge in [0.2, 0.25) is 0 Å². The Morgan fingerprint density at radius 3 is 2.73 bits per heavy atom. The molecule has 0 bridgehead atoms. The highest BCUT2D eigenvalue weighted by Gasteiger charge is 2.10. The summed E-state index contributed by atoms with van der Waals surface area (Å²) < 4.78 is 1.36. The van der Waals surface area contributed by atoms with E-state index in [1.807, 2.05) is 6.07 Å². The third kappa shape index (κ3) is 5.44. The number of nitrogens with one attached hydrogen (secondary N) is 1. The molecule has 0 aliphatic carbocycles. The Balaban J connectivity index is 1.94. The molecule has 0 fully saturated rings. The summed E-state index contributed by atoms with van der Waals surface area (Å²) in [4.78, 5) is 26.3. The summed E-state index contributed by atoms with van der Waals surface area (Å²) in [5.41, 5.74) is 2.46. The van der Waals surface area contributed by atoms with Gasteiger partial charge < -0.3 is 10.2 Å². The predicted molar refractivity (Wildman–Crippen MR) is 105 cm³/mol. The number of anilines is 1. The quantitative estimate of drug-likeness (QED) is 0.750. The Bertz CT molecular complexity index is 785. The third-order valence-corrected chi connectivity index (χ3v) is 4.24. The van der Waals surface area contributed by atoms with Gasteiger partial charge in [-0.3, -0.25) is 9.59 Å². The number of aryl methyl sites for hydroxylation is 2. The second-order valence-electron chi connectivity index (χ2n) is 6.31. The Labute approximate surface area is 154 Å². The van der Waals surface area contributed by atoms with Crippen LogP contribution >= 0.6 is 0 Å². The maximum Gasteiger partial charge on any atom is 0.271 e. The largest absolute Gasteiger partial charge is 0.370 e. The van der Waals surface area contributed by atoms with Crippen molar-refractivity contribution in [3.05, 3.63) is 58.0 Å². The highest BCUT2D eigenvalue weighted by Crippen LogP contribution is 2.14. The van der Waals surface area contributed by atoms with Gasteiger partial charge in [-0.15, -0.1) is 0 Å². The van der Waals surface area contributed by atoms with Crippen molar-refractivity contribution in [3.8, 4) is 0 Å². The van der Waals surface area contributed by atoms with Crippen molar-refractivity contribution < 1.29 is 4.79 Å². The molecule has 0 saturated carbocycles. The molecular weight excluding hydrogens is 328 g/mol. The van der Waals surface area contributed by atoms with Gasteiger partial charge in [-0.2, -0.15) is 5.10 Å². The number of aromatic nitrogens is 2. The lowest BCUT2D eigenvalue weighted by Crippen LogP contribution is -2.36. The second kappa shape index (κ2) is 9.75. The van der Waals surface area contributed by atoms with E-state index in [0.717, 1.165) is 25.1 Å². The van der Waals surface area contributed by atoms with Gasteiger partial charge in [-0.25, -0.2) is 4.68 Å². The fourth-order valence-corrected chi connectivity index (χ4v) is 2.73. The molecule has 0 atom stereocenters. The van der Waals surface area contributed by atoms with Crippen LogP contribution in [0, 0.1) is 6.92 Å². The fourth-order valence-electron chi connectivity index (χ4n) is 2.73. The van der Waals surface area contributed by atoms with Crippen LogP contribution in [0.3, 0.4) is 0 Å². The number of benzene rings is 1. The van der Waals surface area contributed by atoms with Crippen LogP contribution in [-0.2, 0) is 6.54 Å². The monoisotopic (exact) mass is 356 g/mol. The van der Waals surface area contributed by atoms with E-state index in [-0.39, 0.29) is 17.2 Å². The summed E-state index contributed by atoms with van der Waals surface area (Å²) in [6.07, 6.45) is 1.83. The van der Waals surface area contributed by atoms with E-state index >= 15 is 0 Å². The molecule has 140 valence electrons. The Morgan fingerprint density at radius 2 is 2.04 bits per heavy atom. The molecule has 1 aromatic carbocycles. The van der Waals surface area contributed by atoms with Gasteiger partial charge in [-0.1, -0.05) is 25.5 Å². The molecule has 0 spiro atoms. The summed E-state index contributed by atoms with van der Waals surface area (Å²) in [6, 6.07) is 11.2. The zero-order valence-corrected chi connectivity index (χ0v) is 15.9. The first kappa shape index (κ1) is 19.7. The first-order valence-electron chi connectivity index (χ1n) is 9.23. The first-order valence-corrected chi connectivity index (χ1v) is 9.23. The highest BCUT2D eigenvalue weighted by atomic mass is 16.2. The minimum atomic E-state index is -0.254. The number of carbonyl (C=O) groups is 1. The molecule has 1 amide bonds. The van der Waals surface area contributed by atoms with Crippen LogP contribution < -0.4 is 15.8 Å². The summed E-state index contributed by atoms with van der Waals surface area (Å²) in [5, 5.41) is 7.07. The summed E-state index contributed by atoms with van der Waals surface area (Å²) in [7, 11) is 0. The minimum absolute atomic E-state index is 0.174. The minimum Gasteiger partial charge on any atom is -0.370 e. The number of likely N-dealkylation sites (N-methyl/N-ethyl adjacent to an activating group) is 1. The number of nitrogens with zero attached hydrogens (tertiary/aromatic N) is 3. The number of carbonyl (C=O) groups excluding carboxylic acids is 1. The predicted octanol–water partition coefficient (Wildman–Crippen LogP) is 2.61. The maximum atomic E-state index is 12.3. The SMILES string of the molecule is CCCCn1nc(C(=O)NCCN(CC)c2cccc(C)c2)ccc1=O. The van der Waals surface area contributed by atoms with E-state index in [9.17, 15) is 9.59 Å². The Morgan fingerprint density at radius 1 is 1.23 bits per heavy atom. The van der Waals surface area contributed by atoms with Gasteiger partial charge in [0, 0.05) is 37.9 Å². The molecule has 0 saturated heterocycles. The lowest BCUT2D eigenvalue weighted by Gasteiger charge is -2.23. The van der Waals surface area contributed by atoms with Crippen molar-refractivity contribution in [2.45, 2.75) is 40.2 Å². The van der Waals surface area contributed by atoms with E-state index in [1.165, 1.54) is 22.4 Å². The normalized spacial score (nSPS) is 10.6. The topological polar surface area (TPSA) is 67.2 Å². The lowest BCUT2D eigenvalue weighted by atomic mass is 10.2. The fraction of sp³-hybridized carbons (Fsp3) is 0.450. The molecule has 0 aliphatic heterocycles. The standard InChI is InChI=1S/C20H28N4O2/c1-4-6-13-24-19(25)11-10-18(22-24)20(26)21-12-14-23(5-2)17-9-7-8-16(3)15-17/h7-11,15H,4-6,12-14H2,1-3H3,(H,21,26). The zero-order chi connectivity index (χ0) is 18.9. The van der Waals surface area contributed by atoms with Gasteiger partial charge >= 0.3 is 0 Å². The highest BCUT2D eigenvalue weighted by molar-refractivity contribution is 5.92. The molecule has 0 unspecified atom stereocenters. The molecule has 0 aliphatic rings. The lowest BCUT2D eigenvalue weighted by molar-refractivity contribution is 0.0947. The van der Waals surface area contributed by atoms with Crippen molar-refractivity contribution >= 4 is 11.6 Å². The van der Waals surface area contributed by atoms with Crippen molar-refractivity contribution in [2.75, 3.05) is 24.5 Å². The van der Waals surface area contributed by atoms with E-state index in [0.29, 0.717) is 19.6 Å². The van der Waals surface area contributed by atoms with E-state index in [4.69, 9.17) is 0 Å². The van der Waals surface area contributed by atoms with Gasteiger partial charge in [0.25, 0.3) is 11.5 Å². The summed E-state index contributed by atoms with van der Waals surface area (Å²) in [5.74, 6) is -0.254. The van der Waals surface area contributed by atoms with E-state index < -0.39 is 0 Å².